The van der Waals surface area contributed by atoms with Crippen LogP contribution in [0.5, 0.6) is 0 Å². The lowest BCUT2D eigenvalue weighted by Gasteiger charge is -2.07. The van der Waals surface area contributed by atoms with Crippen LogP contribution in [-0.2, 0) is 0 Å². The maximum Gasteiger partial charge on any atom is 0.0538 e. The van der Waals surface area contributed by atoms with Gasteiger partial charge >= 0.3 is 0 Å². The van der Waals surface area contributed by atoms with E-state index in [0.29, 0.717) is 0 Å². The van der Waals surface area contributed by atoms with E-state index in [1.54, 1.807) is 0 Å². The summed E-state index contributed by atoms with van der Waals surface area (Å²) in [5.74, 6) is 0. The summed E-state index contributed by atoms with van der Waals surface area (Å²) in [6.07, 6.45) is 0. The Morgan fingerprint density at radius 1 is 0.800 bits per heavy atom. The topological polar surface area (TPSA) is 26.0 Å². The van der Waals surface area contributed by atoms with Crippen molar-refractivity contribution < 1.29 is 0 Å². The van der Waals surface area contributed by atoms with Crippen molar-refractivity contribution in [2.45, 2.75) is 13.8 Å². The van der Waals surface area contributed by atoms with Gasteiger partial charge in [-0.1, -0.05) is 56.3 Å². The van der Waals surface area contributed by atoms with Crippen LogP contribution in [0.4, 0.5) is 5.69 Å². The molecular formula is C18H16BrN. The number of benzene rings is 3. The van der Waals surface area contributed by atoms with Gasteiger partial charge in [-0.25, -0.2) is 0 Å². The second kappa shape index (κ2) is 4.95. The van der Waals surface area contributed by atoms with E-state index in [4.69, 9.17) is 5.73 Å². The molecular weight excluding hydrogens is 310 g/mol. The summed E-state index contributed by atoms with van der Waals surface area (Å²) in [7, 11) is 0. The molecule has 3 aromatic carbocycles. The molecule has 0 bridgehead atoms. The minimum Gasteiger partial charge on any atom is -0.397 e. The van der Waals surface area contributed by atoms with E-state index >= 15 is 0 Å². The Labute approximate surface area is 127 Å². The number of fused-ring (bicyclic) bond motifs is 3. The highest BCUT2D eigenvalue weighted by Gasteiger charge is 2.22. The van der Waals surface area contributed by atoms with Crippen molar-refractivity contribution >= 4 is 32.4 Å². The Hall–Kier alpha value is -1.80. The second-order valence-electron chi connectivity index (χ2n) is 4.59. The third kappa shape index (κ3) is 1.68. The molecule has 4 rings (SSSR count). The minimum absolute atomic E-state index is 0.823. The van der Waals surface area contributed by atoms with Gasteiger partial charge < -0.3 is 5.73 Å². The van der Waals surface area contributed by atoms with Crippen LogP contribution in [0.2, 0.25) is 0 Å². The molecule has 20 heavy (non-hydrogen) atoms. The molecule has 100 valence electrons. The third-order valence-corrected chi connectivity index (χ3v) is 4.32. The van der Waals surface area contributed by atoms with E-state index in [1.165, 1.54) is 27.6 Å². The predicted molar refractivity (Wildman–Crippen MR) is 91.8 cm³/mol. The van der Waals surface area contributed by atoms with Gasteiger partial charge in [-0.3, -0.25) is 0 Å². The Balaban J connectivity index is 0.000000581. The van der Waals surface area contributed by atoms with Gasteiger partial charge in [-0.05, 0) is 49.6 Å². The van der Waals surface area contributed by atoms with E-state index in [0.717, 1.165) is 15.5 Å². The number of nitrogens with two attached hydrogens (primary N) is 1. The number of anilines is 1. The fourth-order valence-corrected chi connectivity index (χ4v) is 3.30. The van der Waals surface area contributed by atoms with Crippen LogP contribution in [0.25, 0.3) is 33.0 Å². The van der Waals surface area contributed by atoms with Crippen molar-refractivity contribution in [1.82, 2.24) is 0 Å². The number of hydrogen-bond acceptors (Lipinski definition) is 1. The highest BCUT2D eigenvalue weighted by atomic mass is 79.9. The Bertz CT molecular complexity index is 806. The Morgan fingerprint density at radius 2 is 1.40 bits per heavy atom. The Morgan fingerprint density at radius 3 is 2.10 bits per heavy atom. The smallest absolute Gasteiger partial charge is 0.0538 e. The first kappa shape index (κ1) is 13.2. The van der Waals surface area contributed by atoms with Gasteiger partial charge in [0.05, 0.1) is 5.69 Å². The van der Waals surface area contributed by atoms with Gasteiger partial charge in [0.1, 0.15) is 0 Å². The summed E-state index contributed by atoms with van der Waals surface area (Å²) in [6, 6.07) is 17.0. The van der Waals surface area contributed by atoms with Crippen LogP contribution < -0.4 is 5.73 Å². The van der Waals surface area contributed by atoms with Gasteiger partial charge in [0, 0.05) is 9.86 Å². The molecule has 1 aliphatic rings. The summed E-state index contributed by atoms with van der Waals surface area (Å²) < 4.78 is 0.971. The highest BCUT2D eigenvalue weighted by Crippen LogP contribution is 2.49. The highest BCUT2D eigenvalue weighted by molar-refractivity contribution is 9.10. The van der Waals surface area contributed by atoms with Gasteiger partial charge in [0.25, 0.3) is 0 Å². The fraction of sp³-hybridized carbons (Fsp3) is 0.111. The molecule has 0 amide bonds. The molecule has 1 nitrogen and oxygen atoms in total. The summed E-state index contributed by atoms with van der Waals surface area (Å²) >= 11 is 3.56. The zero-order chi connectivity index (χ0) is 14.3. The summed E-state index contributed by atoms with van der Waals surface area (Å²) in [6.45, 7) is 4.00. The van der Waals surface area contributed by atoms with E-state index in [1.807, 2.05) is 13.8 Å². The molecule has 0 spiro atoms. The molecule has 0 saturated carbocycles. The first-order chi connectivity index (χ1) is 9.77. The molecule has 0 unspecified atom stereocenters. The van der Waals surface area contributed by atoms with Crippen LogP contribution in [0.15, 0.2) is 53.0 Å². The number of hydrogen-bond donors (Lipinski definition) is 1. The molecule has 0 atom stereocenters. The lowest BCUT2D eigenvalue weighted by atomic mass is 10.0. The molecule has 0 heterocycles. The van der Waals surface area contributed by atoms with Crippen molar-refractivity contribution in [3.8, 4) is 22.3 Å². The Kier molecular flexibility index (Phi) is 3.27. The number of halogens is 1. The maximum absolute atomic E-state index is 6.17. The van der Waals surface area contributed by atoms with Gasteiger partial charge in [0.2, 0.25) is 0 Å². The van der Waals surface area contributed by atoms with Crippen molar-refractivity contribution in [1.29, 1.82) is 0 Å². The standard InChI is InChI=1S/C16H10BrN.C2H6/c17-14-8-13-10-5-2-1-4-9(10)11-6-3-7-12(15(11)13)16(14)18;1-2/h1-8H,18H2;1-2H3. The zero-order valence-electron chi connectivity index (χ0n) is 11.6. The number of nitrogen functional groups attached to an aromatic ring is 1. The fourth-order valence-electron chi connectivity index (χ4n) is 2.86. The van der Waals surface area contributed by atoms with Gasteiger partial charge in [-0.15, -0.1) is 0 Å². The van der Waals surface area contributed by atoms with E-state index in [2.05, 4.69) is 64.5 Å². The van der Waals surface area contributed by atoms with Crippen LogP contribution >= 0.6 is 15.9 Å². The molecule has 0 saturated heterocycles. The first-order valence-corrected chi connectivity index (χ1v) is 7.67. The summed E-state index contributed by atoms with van der Waals surface area (Å²) in [5.41, 5.74) is 12.2. The predicted octanol–water partition coefficient (Wildman–Crippen LogP) is 5.86. The average molecular weight is 326 g/mol. The maximum atomic E-state index is 6.17. The van der Waals surface area contributed by atoms with Crippen LogP contribution in [0.1, 0.15) is 13.8 Å². The molecule has 2 heteroatoms. The van der Waals surface area contributed by atoms with Crippen molar-refractivity contribution in [2.75, 3.05) is 5.73 Å². The van der Waals surface area contributed by atoms with E-state index in [9.17, 15) is 0 Å². The third-order valence-electron chi connectivity index (χ3n) is 3.66. The molecule has 1 aliphatic carbocycles. The molecule has 0 radical (unpaired) electrons. The number of rotatable bonds is 0. The first-order valence-electron chi connectivity index (χ1n) is 6.88. The summed E-state index contributed by atoms with van der Waals surface area (Å²) in [4.78, 5) is 0. The van der Waals surface area contributed by atoms with Crippen LogP contribution in [0, 0.1) is 0 Å². The lowest BCUT2D eigenvalue weighted by molar-refractivity contribution is 1.50. The van der Waals surface area contributed by atoms with E-state index in [-0.39, 0.29) is 0 Å². The van der Waals surface area contributed by atoms with Crippen molar-refractivity contribution in [2.24, 2.45) is 0 Å². The summed E-state index contributed by atoms with van der Waals surface area (Å²) in [5, 5.41) is 2.41. The normalized spacial score (nSPS) is 10.9. The van der Waals surface area contributed by atoms with Gasteiger partial charge in [0.15, 0.2) is 0 Å². The monoisotopic (exact) mass is 325 g/mol. The minimum atomic E-state index is 0.823. The van der Waals surface area contributed by atoms with Crippen molar-refractivity contribution in [3.05, 3.63) is 53.0 Å². The molecule has 3 aromatic rings. The quantitative estimate of drug-likeness (QED) is 0.403. The van der Waals surface area contributed by atoms with Gasteiger partial charge in [-0.2, -0.15) is 0 Å². The average Bonchev–Trinajstić information content (AvgIpc) is 2.83. The largest absolute Gasteiger partial charge is 0.397 e. The SMILES string of the molecule is CC.Nc1c(Br)cc2c3c(cccc13)-c1ccccc1-2. The lowest BCUT2D eigenvalue weighted by Crippen LogP contribution is -1.89. The van der Waals surface area contributed by atoms with Crippen molar-refractivity contribution in [3.63, 3.8) is 0 Å². The van der Waals surface area contributed by atoms with E-state index < -0.39 is 0 Å². The van der Waals surface area contributed by atoms with Crippen LogP contribution in [0.3, 0.4) is 0 Å². The molecule has 0 aliphatic heterocycles. The second-order valence-corrected chi connectivity index (χ2v) is 5.45. The zero-order valence-corrected chi connectivity index (χ0v) is 13.2. The molecule has 0 aromatic heterocycles. The van der Waals surface area contributed by atoms with Crippen LogP contribution in [-0.4, -0.2) is 0 Å². The molecule has 2 N–H and O–H groups in total. The molecule has 0 fully saturated rings.